The van der Waals surface area contributed by atoms with Gasteiger partial charge in [0.15, 0.2) is 11.0 Å². The number of thioether (sulfide) groups is 1. The van der Waals surface area contributed by atoms with Crippen molar-refractivity contribution in [2.24, 2.45) is 0 Å². The van der Waals surface area contributed by atoms with Gasteiger partial charge in [-0.05, 0) is 12.5 Å². The van der Waals surface area contributed by atoms with Crippen LogP contribution in [-0.4, -0.2) is 20.7 Å². The Labute approximate surface area is 138 Å². The molecule has 23 heavy (non-hydrogen) atoms. The summed E-state index contributed by atoms with van der Waals surface area (Å²) in [5.41, 5.74) is 3.27. The summed E-state index contributed by atoms with van der Waals surface area (Å²) in [6.45, 7) is 2.04. The summed E-state index contributed by atoms with van der Waals surface area (Å²) in [4.78, 5) is 17.0. The van der Waals surface area contributed by atoms with E-state index in [2.05, 4.69) is 22.2 Å². The molecular formula is C18H15N3OS. The van der Waals surface area contributed by atoms with Crippen LogP contribution in [0.4, 0.5) is 0 Å². The fraction of sp³-hybridized carbons (Fsp3) is 0.167. The third kappa shape index (κ3) is 2.68. The van der Waals surface area contributed by atoms with E-state index in [-0.39, 0.29) is 11.2 Å². The van der Waals surface area contributed by atoms with Crippen molar-refractivity contribution in [2.45, 2.75) is 23.8 Å². The minimum absolute atomic E-state index is 0.00142. The third-order valence-corrected chi connectivity index (χ3v) is 5.10. The highest BCUT2D eigenvalue weighted by Gasteiger charge is 2.29. The zero-order chi connectivity index (χ0) is 15.8. The molecule has 4 nitrogen and oxygen atoms in total. The van der Waals surface area contributed by atoms with Crippen LogP contribution in [0.2, 0.25) is 0 Å². The number of aryl methyl sites for hydroxylation is 1. The molecule has 0 amide bonds. The summed E-state index contributed by atoms with van der Waals surface area (Å²) in [6, 6.07) is 18.1. The average molecular weight is 321 g/mol. The number of rotatable bonds is 2. The van der Waals surface area contributed by atoms with Crippen LogP contribution < -0.4 is 0 Å². The lowest BCUT2D eigenvalue weighted by Crippen LogP contribution is -2.20. The summed E-state index contributed by atoms with van der Waals surface area (Å²) >= 11 is 1.60. The summed E-state index contributed by atoms with van der Waals surface area (Å²) in [6.07, 6.45) is 0.443. The molecule has 0 aliphatic carbocycles. The van der Waals surface area contributed by atoms with E-state index in [4.69, 9.17) is 0 Å². The monoisotopic (exact) mass is 321 g/mol. The van der Waals surface area contributed by atoms with Crippen LogP contribution in [0.15, 0.2) is 59.8 Å². The van der Waals surface area contributed by atoms with Crippen LogP contribution in [0.1, 0.15) is 27.6 Å². The van der Waals surface area contributed by atoms with Crippen molar-refractivity contribution in [3.8, 4) is 11.4 Å². The Morgan fingerprint density at radius 3 is 2.57 bits per heavy atom. The number of benzene rings is 2. The normalized spacial score (nSPS) is 17.1. The lowest BCUT2D eigenvalue weighted by Gasteiger charge is -2.20. The van der Waals surface area contributed by atoms with Gasteiger partial charge in [-0.2, -0.15) is 4.68 Å². The number of aromatic nitrogens is 3. The van der Waals surface area contributed by atoms with Crippen molar-refractivity contribution < 1.29 is 4.79 Å². The van der Waals surface area contributed by atoms with E-state index in [1.165, 1.54) is 10.2 Å². The molecule has 3 aromatic rings. The summed E-state index contributed by atoms with van der Waals surface area (Å²) in [5.74, 6) is 0.605. The van der Waals surface area contributed by atoms with Gasteiger partial charge in [-0.1, -0.05) is 71.9 Å². The molecule has 1 atom stereocenters. The van der Waals surface area contributed by atoms with Gasteiger partial charge >= 0.3 is 0 Å². The number of carbonyl (C=O) groups excluding carboxylic acids is 1. The third-order valence-electron chi connectivity index (χ3n) is 3.90. The summed E-state index contributed by atoms with van der Waals surface area (Å²) < 4.78 is 1.44. The minimum Gasteiger partial charge on any atom is -0.272 e. The maximum atomic E-state index is 12.4. The Bertz CT molecular complexity index is 856. The molecule has 0 fully saturated rings. The topological polar surface area (TPSA) is 47.8 Å². The van der Waals surface area contributed by atoms with Gasteiger partial charge in [0.25, 0.3) is 5.91 Å². The molecular weight excluding hydrogens is 306 g/mol. The SMILES string of the molecule is Cc1ccc(-c2nc3n(n2)C(=O)C[C@H](c2ccccc2)S3)cc1. The molecule has 1 aliphatic rings. The zero-order valence-electron chi connectivity index (χ0n) is 12.6. The predicted octanol–water partition coefficient (Wildman–Crippen LogP) is 4.13. The number of hydrogen-bond donors (Lipinski definition) is 0. The van der Waals surface area contributed by atoms with Crippen LogP contribution in [0.3, 0.4) is 0 Å². The predicted molar refractivity (Wildman–Crippen MR) is 90.5 cm³/mol. The first-order valence-corrected chi connectivity index (χ1v) is 8.37. The van der Waals surface area contributed by atoms with Crippen molar-refractivity contribution in [3.63, 3.8) is 0 Å². The standard InChI is InChI=1S/C18H15N3OS/c1-12-7-9-14(10-8-12)17-19-18-21(20-17)16(22)11-15(23-18)13-5-3-2-4-6-13/h2-10,15H,11H2,1H3/t15-/m1/s1. The van der Waals surface area contributed by atoms with Gasteiger partial charge < -0.3 is 0 Å². The Balaban J connectivity index is 1.68. The van der Waals surface area contributed by atoms with Crippen LogP contribution in [0.5, 0.6) is 0 Å². The van der Waals surface area contributed by atoms with Crippen LogP contribution in [0.25, 0.3) is 11.4 Å². The Morgan fingerprint density at radius 2 is 1.83 bits per heavy atom. The maximum Gasteiger partial charge on any atom is 0.250 e. The van der Waals surface area contributed by atoms with E-state index < -0.39 is 0 Å². The molecule has 0 saturated carbocycles. The molecule has 0 bridgehead atoms. The number of carbonyl (C=O) groups is 1. The van der Waals surface area contributed by atoms with Crippen molar-refractivity contribution in [1.29, 1.82) is 0 Å². The average Bonchev–Trinajstić information content (AvgIpc) is 3.01. The quantitative estimate of drug-likeness (QED) is 0.712. The van der Waals surface area contributed by atoms with E-state index in [1.54, 1.807) is 11.8 Å². The molecule has 0 unspecified atom stereocenters. The van der Waals surface area contributed by atoms with Crippen LogP contribution >= 0.6 is 11.8 Å². The lowest BCUT2D eigenvalue weighted by molar-refractivity contribution is 0.0868. The molecule has 2 aromatic carbocycles. The molecule has 114 valence electrons. The van der Waals surface area contributed by atoms with Gasteiger partial charge in [0.05, 0.1) is 0 Å². The van der Waals surface area contributed by atoms with Crippen LogP contribution in [-0.2, 0) is 0 Å². The zero-order valence-corrected chi connectivity index (χ0v) is 13.5. The number of nitrogens with zero attached hydrogens (tertiary/aromatic N) is 3. The van der Waals surface area contributed by atoms with E-state index in [0.29, 0.717) is 17.4 Å². The molecule has 0 N–H and O–H groups in total. The fourth-order valence-electron chi connectivity index (χ4n) is 2.63. The second kappa shape index (κ2) is 5.66. The van der Waals surface area contributed by atoms with E-state index in [0.717, 1.165) is 11.1 Å². The van der Waals surface area contributed by atoms with E-state index >= 15 is 0 Å². The largest absolute Gasteiger partial charge is 0.272 e. The maximum absolute atomic E-state index is 12.4. The van der Waals surface area contributed by atoms with Gasteiger partial charge in [-0.3, -0.25) is 4.79 Å². The lowest BCUT2D eigenvalue weighted by atomic mass is 10.1. The highest BCUT2D eigenvalue weighted by Crippen LogP contribution is 2.41. The molecule has 4 rings (SSSR count). The smallest absolute Gasteiger partial charge is 0.250 e. The second-order valence-electron chi connectivity index (χ2n) is 5.61. The van der Waals surface area contributed by atoms with E-state index in [9.17, 15) is 4.79 Å². The first-order chi connectivity index (χ1) is 11.2. The molecule has 0 spiro atoms. The first kappa shape index (κ1) is 14.2. The second-order valence-corrected chi connectivity index (χ2v) is 6.78. The molecule has 2 heterocycles. The summed E-state index contributed by atoms with van der Waals surface area (Å²) in [5, 5.41) is 5.17. The van der Waals surface area contributed by atoms with Crippen molar-refractivity contribution >= 4 is 17.7 Å². The molecule has 1 aliphatic heterocycles. The first-order valence-electron chi connectivity index (χ1n) is 7.49. The van der Waals surface area contributed by atoms with Gasteiger partial charge in [-0.15, -0.1) is 5.10 Å². The molecule has 1 aromatic heterocycles. The Morgan fingerprint density at radius 1 is 1.09 bits per heavy atom. The highest BCUT2D eigenvalue weighted by molar-refractivity contribution is 7.99. The Hall–Kier alpha value is -2.40. The van der Waals surface area contributed by atoms with Gasteiger partial charge in [0, 0.05) is 17.2 Å². The molecule has 0 saturated heterocycles. The Kier molecular flexibility index (Phi) is 3.50. The molecule has 5 heteroatoms. The molecule has 0 radical (unpaired) electrons. The van der Waals surface area contributed by atoms with Crippen molar-refractivity contribution in [1.82, 2.24) is 14.8 Å². The summed E-state index contributed by atoms with van der Waals surface area (Å²) in [7, 11) is 0. The van der Waals surface area contributed by atoms with Crippen molar-refractivity contribution in [3.05, 3.63) is 65.7 Å². The van der Waals surface area contributed by atoms with Gasteiger partial charge in [0.2, 0.25) is 0 Å². The van der Waals surface area contributed by atoms with Gasteiger partial charge in [0.1, 0.15) is 0 Å². The minimum atomic E-state index is -0.00142. The van der Waals surface area contributed by atoms with Gasteiger partial charge in [-0.25, -0.2) is 4.98 Å². The van der Waals surface area contributed by atoms with E-state index in [1.807, 2.05) is 49.4 Å². The van der Waals surface area contributed by atoms with Crippen LogP contribution in [0, 0.1) is 6.92 Å². The number of hydrogen-bond acceptors (Lipinski definition) is 4. The number of fused-ring (bicyclic) bond motifs is 1. The fourth-order valence-corrected chi connectivity index (χ4v) is 3.78. The van der Waals surface area contributed by atoms with Crippen molar-refractivity contribution in [2.75, 3.05) is 0 Å². The highest BCUT2D eigenvalue weighted by atomic mass is 32.2.